The molecule has 7 heteroatoms. The molecule has 0 saturated carbocycles. The smallest absolute Gasteiger partial charge is 0.246 e. The van der Waals surface area contributed by atoms with Gasteiger partial charge in [-0.15, -0.1) is 11.3 Å². The van der Waals surface area contributed by atoms with E-state index in [0.29, 0.717) is 10.0 Å². The summed E-state index contributed by atoms with van der Waals surface area (Å²) in [5.41, 5.74) is 4.11. The molecule has 0 aliphatic heterocycles. The minimum Gasteiger partial charge on any atom is -0.273 e. The fourth-order valence-electron chi connectivity index (χ4n) is 1.43. The minimum atomic E-state index is -0.212. The molecule has 1 aromatic heterocycles. The Morgan fingerprint density at radius 3 is 2.90 bits per heavy atom. The minimum absolute atomic E-state index is 0.212. The average molecular weight is 328 g/mol. The Kier molecular flexibility index (Phi) is 5.11. The van der Waals surface area contributed by atoms with Crippen LogP contribution in [0, 0.1) is 6.92 Å². The van der Waals surface area contributed by atoms with Crippen LogP contribution in [0.3, 0.4) is 0 Å². The molecule has 4 nitrogen and oxygen atoms in total. The topological polar surface area (TPSA) is 54.4 Å². The third kappa shape index (κ3) is 4.30. The van der Waals surface area contributed by atoms with Gasteiger partial charge in [0.15, 0.2) is 0 Å². The molecule has 0 spiro atoms. The molecule has 0 radical (unpaired) electrons. The molecule has 0 aliphatic rings. The van der Waals surface area contributed by atoms with Gasteiger partial charge < -0.3 is 0 Å². The first kappa shape index (κ1) is 15.0. The molecule has 2 aromatic rings. The van der Waals surface area contributed by atoms with E-state index in [1.54, 1.807) is 18.2 Å². The number of carbonyl (C=O) groups is 1. The number of nitrogens with one attached hydrogen (secondary N) is 1. The summed E-state index contributed by atoms with van der Waals surface area (Å²) in [6.07, 6.45) is 1.73. The van der Waals surface area contributed by atoms with E-state index >= 15 is 0 Å². The number of rotatable bonds is 4. The van der Waals surface area contributed by atoms with E-state index in [9.17, 15) is 4.79 Å². The fraction of sp³-hybridized carbons (Fsp3) is 0.154. The molecular weight excluding hydrogens is 317 g/mol. The van der Waals surface area contributed by atoms with Crippen molar-refractivity contribution in [3.63, 3.8) is 0 Å². The first-order valence-electron chi connectivity index (χ1n) is 5.72. The number of benzene rings is 1. The Bertz CT molecular complexity index is 655. The van der Waals surface area contributed by atoms with E-state index in [1.165, 1.54) is 17.6 Å². The molecule has 104 valence electrons. The molecule has 1 amide bonds. The molecule has 0 fully saturated rings. The third-order valence-corrected chi connectivity index (χ3v) is 4.03. The van der Waals surface area contributed by atoms with Crippen molar-refractivity contribution in [2.45, 2.75) is 13.3 Å². The van der Waals surface area contributed by atoms with Crippen LogP contribution in [0.2, 0.25) is 10.0 Å². The van der Waals surface area contributed by atoms with Gasteiger partial charge in [-0.1, -0.05) is 29.3 Å². The van der Waals surface area contributed by atoms with Crippen molar-refractivity contribution < 1.29 is 4.79 Å². The summed E-state index contributed by atoms with van der Waals surface area (Å²) in [6.45, 7) is 1.89. The number of amides is 1. The van der Waals surface area contributed by atoms with Crippen molar-refractivity contribution in [2.24, 2.45) is 5.10 Å². The average Bonchev–Trinajstić information content (AvgIpc) is 2.79. The molecule has 20 heavy (non-hydrogen) atoms. The number of thiazole rings is 1. The zero-order valence-electron chi connectivity index (χ0n) is 10.6. The zero-order chi connectivity index (χ0) is 14.5. The molecule has 0 aliphatic carbocycles. The summed E-state index contributed by atoms with van der Waals surface area (Å²) in [7, 11) is 0. The van der Waals surface area contributed by atoms with Crippen molar-refractivity contribution in [1.82, 2.24) is 10.4 Å². The highest BCUT2D eigenvalue weighted by Crippen LogP contribution is 2.21. The second kappa shape index (κ2) is 6.83. The maximum Gasteiger partial charge on any atom is 0.246 e. The Morgan fingerprint density at radius 1 is 1.45 bits per heavy atom. The molecule has 0 atom stereocenters. The summed E-state index contributed by atoms with van der Waals surface area (Å²) < 4.78 is 0. The van der Waals surface area contributed by atoms with E-state index in [0.717, 1.165) is 16.3 Å². The van der Waals surface area contributed by atoms with Gasteiger partial charge in [0.05, 0.1) is 22.7 Å². The van der Waals surface area contributed by atoms with Gasteiger partial charge in [0, 0.05) is 11.1 Å². The first-order chi connectivity index (χ1) is 9.54. The molecule has 0 saturated heterocycles. The summed E-state index contributed by atoms with van der Waals surface area (Å²) >= 11 is 13.1. The number of hydrogen-bond donors (Lipinski definition) is 1. The van der Waals surface area contributed by atoms with Crippen LogP contribution in [0.15, 0.2) is 28.7 Å². The molecule has 0 unspecified atom stereocenters. The van der Waals surface area contributed by atoms with E-state index in [-0.39, 0.29) is 12.3 Å². The normalized spacial score (nSPS) is 10.9. The highest BCUT2D eigenvalue weighted by molar-refractivity contribution is 7.09. The summed E-state index contributed by atoms with van der Waals surface area (Å²) in [5.74, 6) is -0.212. The zero-order valence-corrected chi connectivity index (χ0v) is 12.9. The quantitative estimate of drug-likeness (QED) is 0.690. The lowest BCUT2D eigenvalue weighted by Gasteiger charge is -1.98. The van der Waals surface area contributed by atoms with E-state index in [4.69, 9.17) is 23.2 Å². The Hall–Kier alpha value is -1.43. The number of carbonyl (C=O) groups excluding carboxylic acids is 1. The number of aryl methyl sites for hydroxylation is 1. The lowest BCUT2D eigenvalue weighted by molar-refractivity contribution is -0.120. The van der Waals surface area contributed by atoms with Crippen LogP contribution < -0.4 is 5.43 Å². The van der Waals surface area contributed by atoms with Gasteiger partial charge in [-0.2, -0.15) is 5.10 Å². The van der Waals surface area contributed by atoms with Gasteiger partial charge in [0.2, 0.25) is 5.91 Å². The van der Waals surface area contributed by atoms with Crippen LogP contribution in [0.5, 0.6) is 0 Å². The Labute approximate surface area is 130 Å². The summed E-state index contributed by atoms with van der Waals surface area (Å²) in [4.78, 5) is 15.8. The SMILES string of the molecule is Cc1csc(CC(=O)N/N=C\c2ccc(Cl)c(Cl)c2)n1. The van der Waals surface area contributed by atoms with Gasteiger partial charge in [0.25, 0.3) is 0 Å². The molecule has 2 rings (SSSR count). The van der Waals surface area contributed by atoms with Crippen LogP contribution in [0.4, 0.5) is 0 Å². The number of halogens is 2. The monoisotopic (exact) mass is 327 g/mol. The van der Waals surface area contributed by atoms with Crippen molar-refractivity contribution >= 4 is 46.7 Å². The van der Waals surface area contributed by atoms with E-state index in [2.05, 4.69) is 15.5 Å². The van der Waals surface area contributed by atoms with Crippen LogP contribution in [-0.2, 0) is 11.2 Å². The van der Waals surface area contributed by atoms with Crippen molar-refractivity contribution in [2.75, 3.05) is 0 Å². The van der Waals surface area contributed by atoms with Crippen LogP contribution >= 0.6 is 34.5 Å². The molecule has 0 bridgehead atoms. The standard InChI is InChI=1S/C13H11Cl2N3OS/c1-8-7-20-13(17-8)5-12(19)18-16-6-9-2-3-10(14)11(15)4-9/h2-4,6-7H,5H2,1H3,(H,18,19)/b16-6-. The lowest BCUT2D eigenvalue weighted by Crippen LogP contribution is -2.19. The predicted octanol–water partition coefficient (Wildman–Crippen LogP) is 3.45. The molecular formula is C13H11Cl2N3OS. The van der Waals surface area contributed by atoms with Gasteiger partial charge in [-0.3, -0.25) is 4.79 Å². The Balaban J connectivity index is 1.89. The summed E-state index contributed by atoms with van der Waals surface area (Å²) in [5, 5.41) is 7.46. The largest absolute Gasteiger partial charge is 0.273 e. The molecule has 1 N–H and O–H groups in total. The number of hydrazone groups is 1. The van der Waals surface area contributed by atoms with Crippen molar-refractivity contribution in [3.8, 4) is 0 Å². The van der Waals surface area contributed by atoms with Gasteiger partial charge in [-0.05, 0) is 24.6 Å². The van der Waals surface area contributed by atoms with Crippen LogP contribution in [-0.4, -0.2) is 17.1 Å². The summed E-state index contributed by atoms with van der Waals surface area (Å²) in [6, 6.07) is 5.10. The van der Waals surface area contributed by atoms with Crippen molar-refractivity contribution in [1.29, 1.82) is 0 Å². The van der Waals surface area contributed by atoms with Gasteiger partial charge >= 0.3 is 0 Å². The second-order valence-corrected chi connectivity index (χ2v) is 5.78. The maximum atomic E-state index is 11.6. The highest BCUT2D eigenvalue weighted by atomic mass is 35.5. The van der Waals surface area contributed by atoms with Gasteiger partial charge in [-0.25, -0.2) is 10.4 Å². The Morgan fingerprint density at radius 2 is 2.25 bits per heavy atom. The van der Waals surface area contributed by atoms with Crippen LogP contribution in [0.25, 0.3) is 0 Å². The highest BCUT2D eigenvalue weighted by Gasteiger charge is 2.05. The van der Waals surface area contributed by atoms with Gasteiger partial charge in [0.1, 0.15) is 5.01 Å². The van der Waals surface area contributed by atoms with Crippen molar-refractivity contribution in [3.05, 3.63) is 49.9 Å². The number of hydrogen-bond acceptors (Lipinski definition) is 4. The molecule has 1 aromatic carbocycles. The third-order valence-electron chi connectivity index (χ3n) is 2.32. The lowest BCUT2D eigenvalue weighted by atomic mass is 10.2. The maximum absolute atomic E-state index is 11.6. The number of aromatic nitrogens is 1. The fourth-order valence-corrected chi connectivity index (χ4v) is 2.51. The van der Waals surface area contributed by atoms with E-state index in [1.807, 2.05) is 12.3 Å². The second-order valence-electron chi connectivity index (χ2n) is 4.03. The first-order valence-corrected chi connectivity index (χ1v) is 7.36. The number of nitrogens with zero attached hydrogens (tertiary/aromatic N) is 2. The van der Waals surface area contributed by atoms with E-state index < -0.39 is 0 Å². The van der Waals surface area contributed by atoms with Crippen LogP contribution in [0.1, 0.15) is 16.3 Å². The molecule has 1 heterocycles. The predicted molar refractivity (Wildman–Crippen MR) is 82.8 cm³/mol.